The van der Waals surface area contributed by atoms with Crippen LogP contribution in [0.5, 0.6) is 0 Å². The van der Waals surface area contributed by atoms with E-state index in [0.29, 0.717) is 10.1 Å². The number of imidazole rings is 1. The Bertz CT molecular complexity index is 729. The molecular formula is C13H14F3N3O2S. The maximum Gasteiger partial charge on any atom is 0.319 e. The van der Waals surface area contributed by atoms with Gasteiger partial charge in [0, 0.05) is 19.4 Å². The normalized spacial score (nSPS) is 12.3. The van der Waals surface area contributed by atoms with Gasteiger partial charge in [0.1, 0.15) is 11.6 Å². The molecule has 120 valence electrons. The molecule has 0 amide bonds. The molecule has 1 aromatic heterocycles. The molecule has 2 aromatic rings. The van der Waals surface area contributed by atoms with Crippen LogP contribution in [0.1, 0.15) is 17.9 Å². The fourth-order valence-electron chi connectivity index (χ4n) is 1.84. The highest BCUT2D eigenvalue weighted by Gasteiger charge is 2.22. The number of aromatic nitrogens is 2. The molecule has 0 aliphatic carbocycles. The fraction of sp³-hybridized carbons (Fsp3) is 0.308. The van der Waals surface area contributed by atoms with Crippen LogP contribution in [0.4, 0.5) is 13.2 Å². The molecule has 0 aliphatic rings. The summed E-state index contributed by atoms with van der Waals surface area (Å²) in [5.41, 5.74) is 0.408. The third kappa shape index (κ3) is 3.86. The molecule has 0 radical (unpaired) electrons. The Morgan fingerprint density at radius 3 is 2.50 bits per heavy atom. The predicted octanol–water partition coefficient (Wildman–Crippen LogP) is 2.38. The Kier molecular flexibility index (Phi) is 4.87. The van der Waals surface area contributed by atoms with Crippen molar-refractivity contribution in [2.24, 2.45) is 0 Å². The molecular weight excluding hydrogens is 319 g/mol. The first-order valence-corrected chi connectivity index (χ1v) is 7.89. The number of hydrogen-bond acceptors (Lipinski definition) is 3. The molecule has 0 aliphatic heterocycles. The minimum Gasteiger partial charge on any atom is -0.277 e. The first-order valence-electron chi connectivity index (χ1n) is 6.28. The van der Waals surface area contributed by atoms with E-state index < -0.39 is 22.4 Å². The second-order valence-corrected chi connectivity index (χ2v) is 6.74. The molecule has 0 fully saturated rings. The molecule has 22 heavy (non-hydrogen) atoms. The number of nitrogens with zero attached hydrogens (tertiary/aromatic N) is 3. The Hall–Kier alpha value is -1.87. The van der Waals surface area contributed by atoms with Crippen LogP contribution in [0, 0.1) is 5.82 Å². The highest BCUT2D eigenvalue weighted by Crippen LogP contribution is 2.16. The lowest BCUT2D eigenvalue weighted by molar-refractivity contribution is 0.0658. The number of sulfonamides is 1. The predicted molar refractivity (Wildman–Crippen MR) is 74.0 cm³/mol. The van der Waals surface area contributed by atoms with Crippen molar-refractivity contribution in [3.05, 3.63) is 53.9 Å². The van der Waals surface area contributed by atoms with E-state index in [0.717, 1.165) is 22.6 Å². The number of benzene rings is 1. The van der Waals surface area contributed by atoms with Gasteiger partial charge in [-0.15, -0.1) is 0 Å². The van der Waals surface area contributed by atoms with Gasteiger partial charge in [-0.05, 0) is 17.7 Å². The van der Waals surface area contributed by atoms with Gasteiger partial charge >= 0.3 is 6.55 Å². The molecule has 0 spiro atoms. The maximum absolute atomic E-state index is 12.8. The smallest absolute Gasteiger partial charge is 0.277 e. The molecule has 0 saturated heterocycles. The highest BCUT2D eigenvalue weighted by molar-refractivity contribution is 7.88. The van der Waals surface area contributed by atoms with Gasteiger partial charge in [0.05, 0.1) is 12.3 Å². The van der Waals surface area contributed by atoms with Gasteiger partial charge in [-0.25, -0.2) is 17.8 Å². The van der Waals surface area contributed by atoms with Crippen LogP contribution in [0.3, 0.4) is 0 Å². The Balaban J connectivity index is 2.11. The monoisotopic (exact) mass is 333 g/mol. The topological polar surface area (TPSA) is 55.2 Å². The van der Waals surface area contributed by atoms with Crippen molar-refractivity contribution in [2.75, 3.05) is 7.05 Å². The summed E-state index contributed by atoms with van der Waals surface area (Å²) in [5, 5.41) is 0. The zero-order chi connectivity index (χ0) is 16.3. The fourth-order valence-corrected chi connectivity index (χ4v) is 2.99. The summed E-state index contributed by atoms with van der Waals surface area (Å²) in [6.07, 6.45) is 2.27. The van der Waals surface area contributed by atoms with E-state index in [1.807, 2.05) is 0 Å². The van der Waals surface area contributed by atoms with Crippen molar-refractivity contribution in [1.82, 2.24) is 13.9 Å². The van der Waals surface area contributed by atoms with Gasteiger partial charge in [0.2, 0.25) is 10.0 Å². The van der Waals surface area contributed by atoms with Crippen molar-refractivity contribution in [3.8, 4) is 0 Å². The SMILES string of the molecule is CN(Cc1nccn1C(F)F)S(=O)(=O)Cc1ccc(F)cc1. The van der Waals surface area contributed by atoms with Crippen LogP contribution < -0.4 is 0 Å². The molecule has 1 heterocycles. The van der Waals surface area contributed by atoms with E-state index in [2.05, 4.69) is 4.98 Å². The van der Waals surface area contributed by atoms with Gasteiger partial charge in [0.15, 0.2) is 0 Å². The van der Waals surface area contributed by atoms with Gasteiger partial charge in [-0.1, -0.05) is 12.1 Å². The molecule has 0 N–H and O–H groups in total. The van der Waals surface area contributed by atoms with Crippen LogP contribution in [0.15, 0.2) is 36.7 Å². The van der Waals surface area contributed by atoms with Crippen LogP contribution in [0.2, 0.25) is 0 Å². The molecule has 9 heteroatoms. The summed E-state index contributed by atoms with van der Waals surface area (Å²) in [6.45, 7) is -3.06. The molecule has 0 atom stereocenters. The number of rotatable bonds is 6. The summed E-state index contributed by atoms with van der Waals surface area (Å²) in [4.78, 5) is 3.74. The zero-order valence-corrected chi connectivity index (χ0v) is 12.5. The Morgan fingerprint density at radius 1 is 1.27 bits per heavy atom. The molecule has 2 rings (SSSR count). The van der Waals surface area contributed by atoms with E-state index in [-0.39, 0.29) is 18.1 Å². The molecule has 5 nitrogen and oxygen atoms in total. The van der Waals surface area contributed by atoms with Crippen molar-refractivity contribution < 1.29 is 21.6 Å². The van der Waals surface area contributed by atoms with E-state index in [1.54, 1.807) is 0 Å². The largest absolute Gasteiger partial charge is 0.319 e. The molecule has 0 bridgehead atoms. The van der Waals surface area contributed by atoms with Gasteiger partial charge in [-0.3, -0.25) is 4.57 Å². The minimum absolute atomic E-state index is 0.0554. The average Bonchev–Trinajstić information content (AvgIpc) is 2.89. The summed E-state index contributed by atoms with van der Waals surface area (Å²) in [6, 6.07) is 5.05. The number of halogens is 3. The van der Waals surface area contributed by atoms with Crippen LogP contribution in [-0.4, -0.2) is 29.3 Å². The maximum atomic E-state index is 12.8. The summed E-state index contributed by atoms with van der Waals surface area (Å²) in [5.74, 6) is -0.868. The quantitative estimate of drug-likeness (QED) is 0.815. The lowest BCUT2D eigenvalue weighted by Crippen LogP contribution is -2.29. The third-order valence-corrected chi connectivity index (χ3v) is 4.84. The first-order chi connectivity index (χ1) is 10.3. The van der Waals surface area contributed by atoms with Gasteiger partial charge < -0.3 is 0 Å². The Labute approximate surface area is 126 Å². The molecule has 0 saturated carbocycles. The van der Waals surface area contributed by atoms with Crippen molar-refractivity contribution in [3.63, 3.8) is 0 Å². The van der Waals surface area contributed by atoms with Gasteiger partial charge in [-0.2, -0.15) is 13.1 Å². The second kappa shape index (κ2) is 6.49. The van der Waals surface area contributed by atoms with E-state index in [1.165, 1.54) is 25.4 Å². The molecule has 0 unspecified atom stereocenters. The van der Waals surface area contributed by atoms with E-state index in [9.17, 15) is 21.6 Å². The van der Waals surface area contributed by atoms with Crippen LogP contribution >= 0.6 is 0 Å². The molecule has 1 aromatic carbocycles. The summed E-state index contributed by atoms with van der Waals surface area (Å²) in [7, 11) is -2.45. The standard InChI is InChI=1S/C13H14F3N3O2S/c1-18(8-12-17-6-7-19(12)13(15)16)22(20,21)9-10-2-4-11(14)5-3-10/h2-7,13H,8-9H2,1H3. The van der Waals surface area contributed by atoms with Crippen LogP contribution in [-0.2, 0) is 22.3 Å². The number of hydrogen-bond donors (Lipinski definition) is 0. The lowest BCUT2D eigenvalue weighted by Gasteiger charge is -2.17. The number of alkyl halides is 2. The van der Waals surface area contributed by atoms with Crippen molar-refractivity contribution in [2.45, 2.75) is 18.8 Å². The highest BCUT2D eigenvalue weighted by atomic mass is 32.2. The third-order valence-electron chi connectivity index (χ3n) is 3.06. The van der Waals surface area contributed by atoms with E-state index in [4.69, 9.17) is 0 Å². The van der Waals surface area contributed by atoms with E-state index >= 15 is 0 Å². The van der Waals surface area contributed by atoms with Crippen molar-refractivity contribution in [1.29, 1.82) is 0 Å². The summed E-state index contributed by atoms with van der Waals surface area (Å²) < 4.78 is 64.2. The van der Waals surface area contributed by atoms with Gasteiger partial charge in [0.25, 0.3) is 0 Å². The second-order valence-electron chi connectivity index (χ2n) is 4.67. The average molecular weight is 333 g/mol. The lowest BCUT2D eigenvalue weighted by atomic mass is 10.2. The zero-order valence-electron chi connectivity index (χ0n) is 11.7. The minimum atomic E-state index is -3.73. The summed E-state index contributed by atoms with van der Waals surface area (Å²) >= 11 is 0. The Morgan fingerprint density at radius 2 is 1.91 bits per heavy atom. The van der Waals surface area contributed by atoms with Crippen molar-refractivity contribution >= 4 is 10.0 Å². The first kappa shape index (κ1) is 16.5. The van der Waals surface area contributed by atoms with Crippen LogP contribution in [0.25, 0.3) is 0 Å².